The van der Waals surface area contributed by atoms with Crippen molar-refractivity contribution in [2.45, 2.75) is 13.3 Å². The highest BCUT2D eigenvalue weighted by Crippen LogP contribution is 1.91. The van der Waals surface area contributed by atoms with Crippen LogP contribution in [0.15, 0.2) is 0 Å². The lowest BCUT2D eigenvalue weighted by Gasteiger charge is -2.11. The van der Waals surface area contributed by atoms with Crippen molar-refractivity contribution >= 4 is 5.91 Å². The van der Waals surface area contributed by atoms with Crippen LogP contribution in [0.5, 0.6) is 0 Å². The predicted octanol–water partition coefficient (Wildman–Crippen LogP) is 0.0112. The van der Waals surface area contributed by atoms with Crippen LogP contribution in [0, 0.1) is 5.92 Å². The highest BCUT2D eigenvalue weighted by atomic mass is 16.5. The van der Waals surface area contributed by atoms with Gasteiger partial charge in [0.05, 0.1) is 6.61 Å². The Labute approximate surface area is 97.9 Å². The van der Waals surface area contributed by atoms with Gasteiger partial charge in [-0.25, -0.2) is 0 Å². The topological polar surface area (TPSA) is 59.6 Å². The molecule has 1 atom stereocenters. The van der Waals surface area contributed by atoms with Crippen LogP contribution >= 0.6 is 0 Å². The van der Waals surface area contributed by atoms with E-state index in [-0.39, 0.29) is 5.91 Å². The van der Waals surface area contributed by atoms with Crippen molar-refractivity contribution in [3.05, 3.63) is 0 Å². The van der Waals surface area contributed by atoms with E-state index in [9.17, 15) is 4.79 Å². The van der Waals surface area contributed by atoms with Crippen molar-refractivity contribution in [1.29, 1.82) is 0 Å². The number of carbonyl (C=O) groups excluding carboxylic acids is 1. The van der Waals surface area contributed by atoms with Crippen LogP contribution in [0.1, 0.15) is 13.3 Å². The first kappa shape index (κ1) is 15.3. The summed E-state index contributed by atoms with van der Waals surface area (Å²) in [6, 6.07) is 0. The molecule has 96 valence electrons. The number of amides is 1. The van der Waals surface area contributed by atoms with Crippen LogP contribution in [0.25, 0.3) is 0 Å². The van der Waals surface area contributed by atoms with E-state index < -0.39 is 0 Å². The molecule has 5 heteroatoms. The van der Waals surface area contributed by atoms with Crippen molar-refractivity contribution in [2.75, 3.05) is 47.1 Å². The van der Waals surface area contributed by atoms with Gasteiger partial charge in [0.15, 0.2) is 0 Å². The second kappa shape index (κ2) is 10.9. The van der Waals surface area contributed by atoms with Crippen molar-refractivity contribution in [2.24, 2.45) is 5.92 Å². The largest absolute Gasteiger partial charge is 0.384 e. The van der Waals surface area contributed by atoms with E-state index in [1.165, 1.54) is 0 Å². The zero-order chi connectivity index (χ0) is 12.2. The maximum Gasteiger partial charge on any atom is 0.221 e. The number of methoxy groups -OCH3 is 2. The summed E-state index contributed by atoms with van der Waals surface area (Å²) in [5.41, 5.74) is 0. The summed E-state index contributed by atoms with van der Waals surface area (Å²) in [4.78, 5) is 11.3. The van der Waals surface area contributed by atoms with E-state index in [4.69, 9.17) is 9.47 Å². The minimum Gasteiger partial charge on any atom is -0.384 e. The SMILES string of the molecule is COCCNC(=O)CCNCC(C)COC. The Bertz CT molecular complexity index is 177. The molecule has 0 radical (unpaired) electrons. The molecule has 0 aliphatic carbocycles. The normalized spacial score (nSPS) is 12.4. The summed E-state index contributed by atoms with van der Waals surface area (Å²) >= 11 is 0. The van der Waals surface area contributed by atoms with Gasteiger partial charge in [-0.15, -0.1) is 0 Å². The Morgan fingerprint density at radius 1 is 1.25 bits per heavy atom. The second-order valence-corrected chi connectivity index (χ2v) is 3.86. The number of rotatable bonds is 10. The van der Waals surface area contributed by atoms with Gasteiger partial charge in [0.25, 0.3) is 0 Å². The first-order chi connectivity index (χ1) is 7.70. The van der Waals surface area contributed by atoms with E-state index in [1.54, 1.807) is 14.2 Å². The summed E-state index contributed by atoms with van der Waals surface area (Å²) in [6.07, 6.45) is 0.503. The first-order valence-corrected chi connectivity index (χ1v) is 5.66. The third-order valence-corrected chi connectivity index (χ3v) is 2.10. The molecule has 2 N–H and O–H groups in total. The molecule has 0 saturated heterocycles. The molecule has 0 fully saturated rings. The summed E-state index contributed by atoms with van der Waals surface area (Å²) in [7, 11) is 3.31. The molecule has 0 saturated carbocycles. The Morgan fingerprint density at radius 3 is 2.62 bits per heavy atom. The van der Waals surface area contributed by atoms with Gasteiger partial charge in [-0.3, -0.25) is 4.79 Å². The fraction of sp³-hybridized carbons (Fsp3) is 0.909. The van der Waals surface area contributed by atoms with Gasteiger partial charge >= 0.3 is 0 Å². The van der Waals surface area contributed by atoms with Crippen LogP contribution in [0.2, 0.25) is 0 Å². The van der Waals surface area contributed by atoms with Gasteiger partial charge in [0, 0.05) is 40.3 Å². The van der Waals surface area contributed by atoms with Gasteiger partial charge in [-0.2, -0.15) is 0 Å². The Hall–Kier alpha value is -0.650. The number of nitrogens with one attached hydrogen (secondary N) is 2. The average molecular weight is 232 g/mol. The molecule has 0 heterocycles. The smallest absolute Gasteiger partial charge is 0.221 e. The molecule has 0 aromatic heterocycles. The third kappa shape index (κ3) is 9.89. The molecule has 0 spiro atoms. The summed E-state index contributed by atoms with van der Waals surface area (Å²) in [5.74, 6) is 0.533. The van der Waals surface area contributed by atoms with Crippen molar-refractivity contribution in [1.82, 2.24) is 10.6 Å². The molecule has 0 aromatic rings. The highest BCUT2D eigenvalue weighted by Gasteiger charge is 2.02. The van der Waals surface area contributed by atoms with Crippen molar-refractivity contribution in [3.8, 4) is 0 Å². The fourth-order valence-electron chi connectivity index (χ4n) is 1.27. The highest BCUT2D eigenvalue weighted by molar-refractivity contribution is 5.75. The van der Waals surface area contributed by atoms with Crippen molar-refractivity contribution in [3.63, 3.8) is 0 Å². The quantitative estimate of drug-likeness (QED) is 0.521. The van der Waals surface area contributed by atoms with Crippen LogP contribution in [-0.4, -0.2) is 53.0 Å². The van der Waals surface area contributed by atoms with Crippen molar-refractivity contribution < 1.29 is 14.3 Å². The van der Waals surface area contributed by atoms with Gasteiger partial charge in [0.2, 0.25) is 5.91 Å². The maximum atomic E-state index is 11.3. The van der Waals surface area contributed by atoms with Crippen LogP contribution in [0.4, 0.5) is 0 Å². The Kier molecular flexibility index (Phi) is 10.4. The lowest BCUT2D eigenvalue weighted by atomic mass is 10.2. The summed E-state index contributed by atoms with van der Waals surface area (Å²) in [5, 5.41) is 5.99. The molecule has 1 unspecified atom stereocenters. The molecule has 16 heavy (non-hydrogen) atoms. The monoisotopic (exact) mass is 232 g/mol. The van der Waals surface area contributed by atoms with Gasteiger partial charge in [-0.1, -0.05) is 6.92 Å². The van der Waals surface area contributed by atoms with E-state index in [0.717, 1.165) is 13.2 Å². The van der Waals surface area contributed by atoms with E-state index in [0.29, 0.717) is 32.0 Å². The zero-order valence-corrected chi connectivity index (χ0v) is 10.5. The first-order valence-electron chi connectivity index (χ1n) is 5.66. The van der Waals surface area contributed by atoms with Gasteiger partial charge in [0.1, 0.15) is 0 Å². The fourth-order valence-corrected chi connectivity index (χ4v) is 1.27. The lowest BCUT2D eigenvalue weighted by Crippen LogP contribution is -2.31. The molecule has 0 aliphatic heterocycles. The molecular formula is C11H24N2O3. The minimum atomic E-state index is 0.0592. The number of carbonyl (C=O) groups is 1. The molecule has 1 amide bonds. The van der Waals surface area contributed by atoms with E-state index >= 15 is 0 Å². The molecule has 0 aromatic carbocycles. The Balaban J connectivity index is 3.27. The van der Waals surface area contributed by atoms with Crippen LogP contribution in [-0.2, 0) is 14.3 Å². The number of ether oxygens (including phenoxy) is 2. The molecule has 0 bridgehead atoms. The zero-order valence-electron chi connectivity index (χ0n) is 10.5. The Morgan fingerprint density at radius 2 is 2.00 bits per heavy atom. The van der Waals surface area contributed by atoms with Crippen LogP contribution < -0.4 is 10.6 Å². The number of hydrogen-bond donors (Lipinski definition) is 2. The maximum absolute atomic E-state index is 11.3. The van der Waals surface area contributed by atoms with Crippen LogP contribution in [0.3, 0.4) is 0 Å². The average Bonchev–Trinajstić information content (AvgIpc) is 2.25. The predicted molar refractivity (Wildman–Crippen MR) is 63.4 cm³/mol. The van der Waals surface area contributed by atoms with Gasteiger partial charge in [-0.05, 0) is 12.5 Å². The van der Waals surface area contributed by atoms with E-state index in [2.05, 4.69) is 17.6 Å². The minimum absolute atomic E-state index is 0.0592. The third-order valence-electron chi connectivity index (χ3n) is 2.10. The van der Waals surface area contributed by atoms with E-state index in [1.807, 2.05) is 0 Å². The molecule has 0 aliphatic rings. The molecule has 5 nitrogen and oxygen atoms in total. The summed E-state index contributed by atoms with van der Waals surface area (Å²) in [6.45, 7) is 5.56. The summed E-state index contributed by atoms with van der Waals surface area (Å²) < 4.78 is 9.85. The lowest BCUT2D eigenvalue weighted by molar-refractivity contribution is -0.121. The standard InChI is InChI=1S/C11H24N2O3/c1-10(9-16-3)8-12-5-4-11(14)13-6-7-15-2/h10,12H,4-9H2,1-3H3,(H,13,14). The second-order valence-electron chi connectivity index (χ2n) is 3.86. The molecule has 0 rings (SSSR count). The molecular weight excluding hydrogens is 208 g/mol. The van der Waals surface area contributed by atoms with Gasteiger partial charge < -0.3 is 20.1 Å². The number of hydrogen-bond acceptors (Lipinski definition) is 4.